The summed E-state index contributed by atoms with van der Waals surface area (Å²) < 4.78 is 6.78. The molecule has 112 valence electrons. The Morgan fingerprint density at radius 3 is 2.85 bits per heavy atom. The maximum atomic E-state index is 12.1. The first-order valence-corrected chi connectivity index (χ1v) is 8.53. The molecule has 2 unspecified atom stereocenters. The van der Waals surface area contributed by atoms with E-state index in [4.69, 9.17) is 9.72 Å². The van der Waals surface area contributed by atoms with E-state index in [1.54, 1.807) is 0 Å². The Labute approximate surface area is 133 Å². The van der Waals surface area contributed by atoms with Crippen LogP contribution in [0, 0.1) is 9.49 Å². The Kier molecular flexibility index (Phi) is 5.23. The number of rotatable bonds is 4. The first-order chi connectivity index (χ1) is 9.52. The van der Waals surface area contributed by atoms with Gasteiger partial charge in [0.2, 0.25) is 0 Å². The summed E-state index contributed by atoms with van der Waals surface area (Å²) in [6, 6.07) is 0. The van der Waals surface area contributed by atoms with E-state index in [9.17, 15) is 4.79 Å². The van der Waals surface area contributed by atoms with Gasteiger partial charge in [0.05, 0.1) is 9.26 Å². The zero-order chi connectivity index (χ0) is 14.8. The van der Waals surface area contributed by atoms with Gasteiger partial charge in [-0.25, -0.2) is 4.98 Å². The summed E-state index contributed by atoms with van der Waals surface area (Å²) in [5.41, 5.74) is 0.436. The van der Waals surface area contributed by atoms with E-state index >= 15 is 0 Å². The van der Waals surface area contributed by atoms with Gasteiger partial charge in [-0.2, -0.15) is 0 Å². The highest BCUT2D eigenvalue weighted by molar-refractivity contribution is 14.1. The predicted molar refractivity (Wildman–Crippen MR) is 87.9 cm³/mol. The summed E-state index contributed by atoms with van der Waals surface area (Å²) >= 11 is 2.08. The first kappa shape index (κ1) is 15.9. The monoisotopic (exact) mass is 390 g/mol. The van der Waals surface area contributed by atoms with Crippen LogP contribution >= 0.6 is 22.6 Å². The van der Waals surface area contributed by atoms with Crippen LogP contribution in [0.5, 0.6) is 0 Å². The molecule has 0 bridgehead atoms. The van der Waals surface area contributed by atoms with Crippen molar-refractivity contribution in [3.05, 3.63) is 25.4 Å². The van der Waals surface area contributed by atoms with Crippen molar-refractivity contribution in [2.45, 2.75) is 58.5 Å². The SMILES string of the molecule is CCOC1(c2nc(CC)c(I)c(=O)[nH]2)CCCC(C)C1. The van der Waals surface area contributed by atoms with Crippen molar-refractivity contribution < 1.29 is 4.74 Å². The second-order valence-corrected chi connectivity index (χ2v) is 6.74. The summed E-state index contributed by atoms with van der Waals surface area (Å²) in [7, 11) is 0. The fourth-order valence-electron chi connectivity index (χ4n) is 3.15. The van der Waals surface area contributed by atoms with Crippen LogP contribution in [0.3, 0.4) is 0 Å². The summed E-state index contributed by atoms with van der Waals surface area (Å²) in [6.45, 7) is 6.93. The Morgan fingerprint density at radius 2 is 2.25 bits per heavy atom. The minimum Gasteiger partial charge on any atom is -0.367 e. The van der Waals surface area contributed by atoms with Gasteiger partial charge in [0, 0.05) is 6.61 Å². The van der Waals surface area contributed by atoms with Gasteiger partial charge in [-0.3, -0.25) is 4.79 Å². The molecule has 1 heterocycles. The molecule has 2 rings (SSSR count). The van der Waals surface area contributed by atoms with E-state index in [2.05, 4.69) is 34.5 Å². The van der Waals surface area contributed by atoms with Gasteiger partial charge in [-0.05, 0) is 61.1 Å². The number of hydrogen-bond donors (Lipinski definition) is 1. The van der Waals surface area contributed by atoms with Crippen LogP contribution in [0.1, 0.15) is 58.0 Å². The van der Waals surface area contributed by atoms with Gasteiger partial charge in [0.25, 0.3) is 5.56 Å². The molecule has 20 heavy (non-hydrogen) atoms. The van der Waals surface area contributed by atoms with Crippen molar-refractivity contribution in [2.24, 2.45) is 5.92 Å². The highest BCUT2D eigenvalue weighted by Crippen LogP contribution is 2.41. The third kappa shape index (κ3) is 3.08. The molecule has 0 spiro atoms. The lowest BCUT2D eigenvalue weighted by Crippen LogP contribution is -2.39. The summed E-state index contributed by atoms with van der Waals surface area (Å²) in [5, 5.41) is 0. The summed E-state index contributed by atoms with van der Waals surface area (Å²) in [4.78, 5) is 19.8. The molecule has 5 heteroatoms. The molecule has 4 nitrogen and oxygen atoms in total. The van der Waals surface area contributed by atoms with Crippen LogP contribution in [0.25, 0.3) is 0 Å². The normalized spacial score (nSPS) is 26.7. The van der Waals surface area contributed by atoms with E-state index in [1.165, 1.54) is 6.42 Å². The Bertz CT molecular complexity index is 525. The van der Waals surface area contributed by atoms with Crippen LogP contribution in [0.2, 0.25) is 0 Å². The predicted octanol–water partition coefficient (Wildman–Crippen LogP) is 3.38. The minimum atomic E-state index is -0.403. The van der Waals surface area contributed by atoms with Crippen molar-refractivity contribution >= 4 is 22.6 Å². The Balaban J connectivity index is 2.49. The van der Waals surface area contributed by atoms with Crippen LogP contribution in [-0.2, 0) is 16.8 Å². The molecule has 0 aromatic carbocycles. The number of halogens is 1. The van der Waals surface area contributed by atoms with Crippen molar-refractivity contribution in [3.8, 4) is 0 Å². The van der Waals surface area contributed by atoms with Gasteiger partial charge in [-0.15, -0.1) is 0 Å². The smallest absolute Gasteiger partial charge is 0.264 e. The van der Waals surface area contributed by atoms with Crippen molar-refractivity contribution in [1.82, 2.24) is 9.97 Å². The molecule has 1 N–H and O–H groups in total. The molecule has 0 amide bonds. The van der Waals surface area contributed by atoms with Crippen molar-refractivity contribution in [2.75, 3.05) is 6.61 Å². The zero-order valence-corrected chi connectivity index (χ0v) is 14.6. The number of H-pyrrole nitrogens is 1. The largest absolute Gasteiger partial charge is 0.367 e. The van der Waals surface area contributed by atoms with E-state index in [0.29, 0.717) is 16.1 Å². The van der Waals surface area contributed by atoms with Crippen LogP contribution in [0.15, 0.2) is 4.79 Å². The fourth-order valence-corrected chi connectivity index (χ4v) is 3.79. The van der Waals surface area contributed by atoms with Gasteiger partial charge in [0.15, 0.2) is 0 Å². The quantitative estimate of drug-likeness (QED) is 0.803. The number of aromatic nitrogens is 2. The standard InChI is InChI=1S/C15H23IN2O2/c1-4-11-12(16)13(19)18-14(17-11)15(20-5-2)8-6-7-10(3)9-15/h10H,4-9H2,1-3H3,(H,17,18,19). The van der Waals surface area contributed by atoms with Crippen molar-refractivity contribution in [3.63, 3.8) is 0 Å². The van der Waals surface area contributed by atoms with Gasteiger partial charge >= 0.3 is 0 Å². The maximum absolute atomic E-state index is 12.1. The third-order valence-corrected chi connectivity index (χ3v) is 5.19. The molecule has 1 saturated carbocycles. The van der Waals surface area contributed by atoms with E-state index in [-0.39, 0.29) is 5.56 Å². The Morgan fingerprint density at radius 1 is 1.50 bits per heavy atom. The molecule has 0 saturated heterocycles. The molecule has 0 radical (unpaired) electrons. The van der Waals surface area contributed by atoms with Gasteiger partial charge in [-0.1, -0.05) is 20.3 Å². The molecule has 0 aliphatic heterocycles. The van der Waals surface area contributed by atoms with E-state index < -0.39 is 5.60 Å². The maximum Gasteiger partial charge on any atom is 0.264 e. The molecule has 1 aliphatic rings. The van der Waals surface area contributed by atoms with Crippen molar-refractivity contribution in [1.29, 1.82) is 0 Å². The molecule has 1 aromatic heterocycles. The van der Waals surface area contributed by atoms with Gasteiger partial charge in [0.1, 0.15) is 11.4 Å². The number of aryl methyl sites for hydroxylation is 1. The van der Waals surface area contributed by atoms with Crippen LogP contribution in [0.4, 0.5) is 0 Å². The lowest BCUT2D eigenvalue weighted by Gasteiger charge is -2.38. The second kappa shape index (κ2) is 6.56. The number of aromatic amines is 1. The average Bonchev–Trinajstić information content (AvgIpc) is 2.42. The van der Waals surface area contributed by atoms with Gasteiger partial charge < -0.3 is 9.72 Å². The number of ether oxygens (including phenoxy) is 1. The zero-order valence-electron chi connectivity index (χ0n) is 12.5. The van der Waals surface area contributed by atoms with Crippen LogP contribution in [-0.4, -0.2) is 16.6 Å². The number of nitrogens with one attached hydrogen (secondary N) is 1. The molecular formula is C15H23IN2O2. The third-order valence-electron chi connectivity index (χ3n) is 4.07. The lowest BCUT2D eigenvalue weighted by molar-refractivity contribution is -0.0883. The number of hydrogen-bond acceptors (Lipinski definition) is 3. The molecule has 1 aromatic rings. The number of nitrogens with zero attached hydrogens (tertiary/aromatic N) is 1. The molecule has 1 fully saturated rings. The van der Waals surface area contributed by atoms with E-state index in [1.807, 2.05) is 13.8 Å². The first-order valence-electron chi connectivity index (χ1n) is 7.45. The molecule has 1 aliphatic carbocycles. The van der Waals surface area contributed by atoms with E-state index in [0.717, 1.165) is 37.2 Å². The lowest BCUT2D eigenvalue weighted by atomic mass is 9.78. The highest BCUT2D eigenvalue weighted by atomic mass is 127. The summed E-state index contributed by atoms with van der Waals surface area (Å²) in [5.74, 6) is 1.33. The average molecular weight is 390 g/mol. The minimum absolute atomic E-state index is 0.0373. The fraction of sp³-hybridized carbons (Fsp3) is 0.733. The summed E-state index contributed by atoms with van der Waals surface area (Å²) in [6.07, 6.45) is 5.00. The second-order valence-electron chi connectivity index (χ2n) is 5.66. The van der Waals surface area contributed by atoms with Crippen LogP contribution < -0.4 is 5.56 Å². The molecular weight excluding hydrogens is 367 g/mol. The highest BCUT2D eigenvalue weighted by Gasteiger charge is 2.40. The Hall–Kier alpha value is -0.430. The topological polar surface area (TPSA) is 55.0 Å². The molecule has 2 atom stereocenters.